The van der Waals surface area contributed by atoms with Gasteiger partial charge in [0.05, 0.1) is 18.1 Å². The largest absolute Gasteiger partial charge is 0.337 e. The van der Waals surface area contributed by atoms with Crippen molar-refractivity contribution in [1.29, 1.82) is 0 Å². The first kappa shape index (κ1) is 14.0. The molecule has 2 aromatic heterocycles. The molecule has 2 heterocycles. The summed E-state index contributed by atoms with van der Waals surface area (Å²) in [6, 6.07) is 4.03. The number of rotatable bonds is 4. The average Bonchev–Trinajstić information content (AvgIpc) is 2.92. The molecule has 1 fully saturated rings. The maximum absolute atomic E-state index is 11.8. The molecule has 1 aliphatic carbocycles. The Hall–Kier alpha value is -1.95. The van der Waals surface area contributed by atoms with Gasteiger partial charge in [0.15, 0.2) is 0 Å². The molecule has 1 N–H and O–H groups in total. The fraction of sp³-hybridized carbons (Fsp3) is 0.533. The second-order valence-electron chi connectivity index (χ2n) is 5.69. The lowest BCUT2D eigenvalue weighted by molar-refractivity contribution is 0.268. The van der Waals surface area contributed by atoms with Crippen molar-refractivity contribution < 1.29 is 0 Å². The molecular formula is C15H21N5O. The quantitative estimate of drug-likeness (QED) is 0.919. The van der Waals surface area contributed by atoms with Gasteiger partial charge in [-0.3, -0.25) is 4.79 Å². The van der Waals surface area contributed by atoms with Crippen molar-refractivity contribution in [1.82, 2.24) is 24.6 Å². The molecule has 0 amide bonds. The van der Waals surface area contributed by atoms with E-state index in [0.29, 0.717) is 6.04 Å². The van der Waals surface area contributed by atoms with E-state index >= 15 is 0 Å². The van der Waals surface area contributed by atoms with Crippen LogP contribution in [0.1, 0.15) is 37.4 Å². The smallest absolute Gasteiger partial charge is 0.266 e. The highest BCUT2D eigenvalue weighted by atomic mass is 16.1. The van der Waals surface area contributed by atoms with E-state index in [-0.39, 0.29) is 11.6 Å². The highest BCUT2D eigenvalue weighted by Gasteiger charge is 2.23. The third-order valence-corrected chi connectivity index (χ3v) is 4.27. The summed E-state index contributed by atoms with van der Waals surface area (Å²) in [6.07, 6.45) is 9.55. The van der Waals surface area contributed by atoms with E-state index in [0.717, 1.165) is 32.2 Å². The van der Waals surface area contributed by atoms with Gasteiger partial charge in [-0.05, 0) is 31.7 Å². The zero-order chi connectivity index (χ0) is 14.7. The van der Waals surface area contributed by atoms with Gasteiger partial charge in [0.2, 0.25) is 0 Å². The first-order valence-electron chi connectivity index (χ1n) is 7.46. The summed E-state index contributed by atoms with van der Waals surface area (Å²) in [6.45, 7) is 0.843. The Morgan fingerprint density at radius 1 is 1.33 bits per heavy atom. The Morgan fingerprint density at radius 3 is 2.81 bits per heavy atom. The Morgan fingerprint density at radius 2 is 2.14 bits per heavy atom. The monoisotopic (exact) mass is 287 g/mol. The SMILES string of the molecule is Cn1cncc1CNC1CCC(n2ncccc2=O)CC1. The molecule has 0 atom stereocenters. The van der Waals surface area contributed by atoms with Gasteiger partial charge >= 0.3 is 0 Å². The van der Waals surface area contributed by atoms with E-state index in [1.165, 1.54) is 5.69 Å². The van der Waals surface area contributed by atoms with Gasteiger partial charge < -0.3 is 9.88 Å². The van der Waals surface area contributed by atoms with Crippen LogP contribution in [-0.2, 0) is 13.6 Å². The van der Waals surface area contributed by atoms with Crippen LogP contribution in [0.2, 0.25) is 0 Å². The Labute approximate surface area is 123 Å². The highest BCUT2D eigenvalue weighted by Crippen LogP contribution is 2.26. The molecule has 1 aliphatic rings. The molecule has 1 saturated carbocycles. The standard InChI is InChI=1S/C15H21N5O/c1-19-11-16-9-14(19)10-17-12-4-6-13(7-5-12)20-15(21)3-2-8-18-20/h2-3,8-9,11-13,17H,4-7,10H2,1H3. The zero-order valence-electron chi connectivity index (χ0n) is 12.3. The summed E-state index contributed by atoms with van der Waals surface area (Å²) in [4.78, 5) is 15.9. The van der Waals surface area contributed by atoms with E-state index in [9.17, 15) is 4.79 Å². The predicted molar refractivity (Wildman–Crippen MR) is 79.8 cm³/mol. The van der Waals surface area contributed by atoms with Crippen molar-refractivity contribution in [2.45, 2.75) is 44.3 Å². The van der Waals surface area contributed by atoms with Crippen molar-refractivity contribution in [3.05, 3.63) is 46.9 Å². The van der Waals surface area contributed by atoms with Crippen molar-refractivity contribution in [3.8, 4) is 0 Å². The summed E-state index contributed by atoms with van der Waals surface area (Å²) < 4.78 is 3.67. The number of aromatic nitrogens is 4. The van der Waals surface area contributed by atoms with Crippen LogP contribution in [-0.4, -0.2) is 25.4 Å². The molecule has 0 aromatic carbocycles. The Bertz CT molecular complexity index is 639. The third-order valence-electron chi connectivity index (χ3n) is 4.27. The van der Waals surface area contributed by atoms with Gasteiger partial charge in [0.25, 0.3) is 5.56 Å². The molecule has 3 rings (SSSR count). The van der Waals surface area contributed by atoms with E-state index in [1.807, 2.05) is 24.1 Å². The first-order chi connectivity index (χ1) is 10.2. The molecule has 0 radical (unpaired) electrons. The number of nitrogens with zero attached hydrogens (tertiary/aromatic N) is 4. The van der Waals surface area contributed by atoms with Gasteiger partial charge in [-0.2, -0.15) is 5.10 Å². The summed E-state index contributed by atoms with van der Waals surface area (Å²) in [5.41, 5.74) is 1.20. The molecule has 0 aliphatic heterocycles. The predicted octanol–water partition coefficient (Wildman–Crippen LogP) is 1.25. The van der Waals surface area contributed by atoms with Crippen molar-refractivity contribution >= 4 is 0 Å². The van der Waals surface area contributed by atoms with Crippen LogP contribution in [0.4, 0.5) is 0 Å². The highest BCUT2D eigenvalue weighted by molar-refractivity contribution is 4.97. The molecule has 0 saturated heterocycles. The van der Waals surface area contributed by atoms with E-state index < -0.39 is 0 Å². The molecule has 6 nitrogen and oxygen atoms in total. The summed E-state index contributed by atoms with van der Waals surface area (Å²) in [5.74, 6) is 0. The fourth-order valence-corrected chi connectivity index (χ4v) is 2.97. The minimum absolute atomic E-state index is 0.00351. The number of aryl methyl sites for hydroxylation is 1. The minimum atomic E-state index is 0.00351. The lowest BCUT2D eigenvalue weighted by Crippen LogP contribution is -2.36. The van der Waals surface area contributed by atoms with Crippen molar-refractivity contribution in [2.75, 3.05) is 0 Å². The van der Waals surface area contributed by atoms with Crippen LogP contribution in [0.5, 0.6) is 0 Å². The molecule has 0 unspecified atom stereocenters. The Balaban J connectivity index is 1.52. The number of nitrogens with one attached hydrogen (secondary N) is 1. The minimum Gasteiger partial charge on any atom is -0.337 e. The fourth-order valence-electron chi connectivity index (χ4n) is 2.97. The average molecular weight is 287 g/mol. The van der Waals surface area contributed by atoms with Crippen LogP contribution in [0.25, 0.3) is 0 Å². The van der Waals surface area contributed by atoms with Crippen LogP contribution >= 0.6 is 0 Å². The zero-order valence-corrected chi connectivity index (χ0v) is 12.3. The van der Waals surface area contributed by atoms with Crippen molar-refractivity contribution in [3.63, 3.8) is 0 Å². The topological polar surface area (TPSA) is 64.7 Å². The molecule has 0 spiro atoms. The summed E-state index contributed by atoms with van der Waals surface area (Å²) in [7, 11) is 2.01. The second kappa shape index (κ2) is 6.22. The third kappa shape index (κ3) is 3.21. The van der Waals surface area contributed by atoms with Crippen LogP contribution < -0.4 is 10.9 Å². The van der Waals surface area contributed by atoms with Crippen LogP contribution in [0.15, 0.2) is 35.6 Å². The second-order valence-corrected chi connectivity index (χ2v) is 5.69. The lowest BCUT2D eigenvalue weighted by atomic mass is 9.91. The van der Waals surface area contributed by atoms with Gasteiger partial charge in [0, 0.05) is 38.1 Å². The van der Waals surface area contributed by atoms with Crippen LogP contribution in [0.3, 0.4) is 0 Å². The maximum Gasteiger partial charge on any atom is 0.266 e. The normalized spacial score (nSPS) is 22.3. The molecule has 0 bridgehead atoms. The van der Waals surface area contributed by atoms with Gasteiger partial charge in [-0.15, -0.1) is 0 Å². The van der Waals surface area contributed by atoms with Gasteiger partial charge in [-0.25, -0.2) is 9.67 Å². The lowest BCUT2D eigenvalue weighted by Gasteiger charge is -2.29. The van der Waals surface area contributed by atoms with Gasteiger partial charge in [0.1, 0.15) is 0 Å². The molecule has 21 heavy (non-hydrogen) atoms. The molecule has 6 heteroatoms. The summed E-state index contributed by atoms with van der Waals surface area (Å²) in [5, 5.41) is 7.78. The molecular weight excluding hydrogens is 266 g/mol. The number of hydrogen-bond donors (Lipinski definition) is 1. The number of hydrogen-bond acceptors (Lipinski definition) is 4. The first-order valence-corrected chi connectivity index (χ1v) is 7.46. The van der Waals surface area contributed by atoms with E-state index in [1.54, 1.807) is 23.0 Å². The summed E-state index contributed by atoms with van der Waals surface area (Å²) >= 11 is 0. The maximum atomic E-state index is 11.8. The molecule has 112 valence electrons. The van der Waals surface area contributed by atoms with Crippen LogP contribution in [0, 0.1) is 0 Å². The van der Waals surface area contributed by atoms with E-state index in [4.69, 9.17) is 0 Å². The Kier molecular flexibility index (Phi) is 4.15. The van der Waals surface area contributed by atoms with Gasteiger partial charge in [-0.1, -0.05) is 0 Å². The molecule has 2 aromatic rings. The van der Waals surface area contributed by atoms with Crippen molar-refractivity contribution in [2.24, 2.45) is 7.05 Å². The number of imidazole rings is 1. The van der Waals surface area contributed by atoms with E-state index in [2.05, 4.69) is 15.4 Å².